The molecule has 34 heavy (non-hydrogen) atoms. The van der Waals surface area contributed by atoms with Crippen LogP contribution in [0.4, 0.5) is 28.6 Å². The molecular weight excluding hydrogens is 605 g/mol. The van der Waals surface area contributed by atoms with Crippen LogP contribution in [0.1, 0.15) is 9.68 Å². The summed E-state index contributed by atoms with van der Waals surface area (Å²) in [5, 5.41) is 10.9. The molecular formula is C27H20N5OPt-. The van der Waals surface area contributed by atoms with Gasteiger partial charge < -0.3 is 14.9 Å². The van der Waals surface area contributed by atoms with Crippen LogP contribution in [0.15, 0.2) is 79.3 Å². The number of benzene rings is 3. The Morgan fingerprint density at radius 2 is 1.79 bits per heavy atom. The first-order chi connectivity index (χ1) is 17.3. The van der Waals surface area contributed by atoms with E-state index in [9.17, 15) is 5.11 Å². The molecule has 1 aliphatic heterocycles. The van der Waals surface area contributed by atoms with E-state index in [2.05, 4.69) is 32.0 Å². The van der Waals surface area contributed by atoms with E-state index in [0.717, 1.165) is 22.7 Å². The van der Waals surface area contributed by atoms with Crippen molar-refractivity contribution in [3.05, 3.63) is 90.9 Å². The van der Waals surface area contributed by atoms with Crippen LogP contribution in [0.5, 0.6) is 5.75 Å². The van der Waals surface area contributed by atoms with E-state index in [1.54, 1.807) is 18.3 Å². The first-order valence-electron chi connectivity index (χ1n) is 11.9. The molecule has 0 spiro atoms. The van der Waals surface area contributed by atoms with Gasteiger partial charge >= 0.3 is 0 Å². The predicted molar refractivity (Wildman–Crippen MR) is 131 cm³/mol. The van der Waals surface area contributed by atoms with Gasteiger partial charge in [0.2, 0.25) is 0 Å². The maximum Gasteiger partial charge on any atom is 0.140 e. The number of fused-ring (bicyclic) bond motifs is 3. The van der Waals surface area contributed by atoms with Crippen molar-refractivity contribution in [2.45, 2.75) is 6.85 Å². The number of hydrogen-bond acceptors (Lipinski definition) is 6. The number of aromatic nitrogens is 3. The number of nitrogens with zero attached hydrogens (tertiary/aromatic N) is 5. The molecule has 0 unspecified atom stereocenters. The SMILES string of the molecule is [2H]C([2H])([2H])c1ccc(O)c2nc(-c3[c-]c4c(cc3)N(C)c3ccccc3N4c3ccncn3)ccc12.[Pt]. The molecule has 0 bridgehead atoms. The van der Waals surface area contributed by atoms with Crippen LogP contribution >= 0.6 is 0 Å². The van der Waals surface area contributed by atoms with Gasteiger partial charge in [-0.05, 0) is 53.7 Å². The van der Waals surface area contributed by atoms with Crippen molar-refractivity contribution in [3.8, 4) is 17.0 Å². The number of anilines is 5. The summed E-state index contributed by atoms with van der Waals surface area (Å²) in [4.78, 5) is 17.3. The van der Waals surface area contributed by atoms with Gasteiger partial charge in [-0.1, -0.05) is 30.3 Å². The van der Waals surface area contributed by atoms with Crippen LogP contribution in [0.25, 0.3) is 22.2 Å². The Bertz CT molecular complexity index is 1630. The van der Waals surface area contributed by atoms with Gasteiger partial charge in [-0.2, -0.15) is 0 Å². The Kier molecular flexibility index (Phi) is 4.68. The van der Waals surface area contributed by atoms with E-state index < -0.39 is 6.85 Å². The standard InChI is InChI=1S/C27H20N5O.Pt/c1-17-7-12-25(33)27-19(17)9-10-20(30-27)18-8-11-22-24(15-18)32(26-13-14-28-16-29-26)23-6-4-3-5-21(23)31(22)2;/h3-14,16,33H,1-2H3;/q-1;/i1D3;. The minimum atomic E-state index is -2.32. The Morgan fingerprint density at radius 1 is 0.941 bits per heavy atom. The fourth-order valence-corrected chi connectivity index (χ4v) is 4.26. The number of para-hydroxylation sites is 2. The molecule has 170 valence electrons. The van der Waals surface area contributed by atoms with Crippen molar-refractivity contribution in [1.29, 1.82) is 0 Å². The van der Waals surface area contributed by atoms with Crippen molar-refractivity contribution >= 4 is 39.5 Å². The topological polar surface area (TPSA) is 65.4 Å². The molecule has 1 aliphatic rings. The first kappa shape index (κ1) is 18.6. The zero-order valence-electron chi connectivity index (χ0n) is 21.0. The average Bonchev–Trinajstić information content (AvgIpc) is 2.88. The Labute approximate surface area is 216 Å². The average molecular weight is 629 g/mol. The molecule has 5 aromatic rings. The summed E-state index contributed by atoms with van der Waals surface area (Å²) in [5.74, 6) is 0.626. The monoisotopic (exact) mass is 628 g/mol. The summed E-state index contributed by atoms with van der Waals surface area (Å²) in [7, 11) is 2.01. The van der Waals surface area contributed by atoms with Gasteiger partial charge in [0.15, 0.2) is 0 Å². The molecule has 1 N–H and O–H groups in total. The van der Waals surface area contributed by atoms with Gasteiger partial charge in [0.1, 0.15) is 23.4 Å². The van der Waals surface area contributed by atoms with Crippen LogP contribution in [-0.2, 0) is 21.1 Å². The van der Waals surface area contributed by atoms with E-state index in [1.807, 2.05) is 48.3 Å². The van der Waals surface area contributed by atoms with Crippen LogP contribution < -0.4 is 9.80 Å². The summed E-state index contributed by atoms with van der Waals surface area (Å²) >= 11 is 0. The van der Waals surface area contributed by atoms with Crippen LogP contribution in [0.2, 0.25) is 0 Å². The van der Waals surface area contributed by atoms with E-state index in [0.29, 0.717) is 22.5 Å². The zero-order chi connectivity index (χ0) is 25.0. The number of phenols is 1. The van der Waals surface area contributed by atoms with Crippen LogP contribution in [-0.4, -0.2) is 27.1 Å². The normalized spacial score (nSPS) is 13.9. The second-order valence-corrected chi connectivity index (χ2v) is 7.78. The summed E-state index contributed by atoms with van der Waals surface area (Å²) < 4.78 is 23.5. The molecule has 0 saturated heterocycles. The molecule has 6 rings (SSSR count). The molecule has 3 heterocycles. The van der Waals surface area contributed by atoms with Crippen molar-refractivity contribution in [1.82, 2.24) is 15.0 Å². The number of aryl methyl sites for hydroxylation is 1. The fourth-order valence-electron chi connectivity index (χ4n) is 4.26. The van der Waals surface area contributed by atoms with Crippen LogP contribution in [0.3, 0.4) is 0 Å². The molecule has 0 atom stereocenters. The van der Waals surface area contributed by atoms with E-state index in [1.165, 1.54) is 18.5 Å². The Balaban J connectivity index is 0.00000280. The number of rotatable bonds is 2. The zero-order valence-corrected chi connectivity index (χ0v) is 20.3. The molecule has 0 saturated carbocycles. The molecule has 7 heteroatoms. The third-order valence-electron chi connectivity index (χ3n) is 5.88. The summed E-state index contributed by atoms with van der Waals surface area (Å²) in [6, 6.07) is 23.5. The van der Waals surface area contributed by atoms with E-state index >= 15 is 0 Å². The second-order valence-electron chi connectivity index (χ2n) is 7.78. The second kappa shape index (κ2) is 8.54. The van der Waals surface area contributed by atoms with E-state index in [-0.39, 0.29) is 37.9 Å². The third-order valence-corrected chi connectivity index (χ3v) is 5.88. The number of phenolic OH excluding ortho intramolecular Hbond substituents is 1. The van der Waals surface area contributed by atoms with Gasteiger partial charge in [-0.3, -0.25) is 4.98 Å². The minimum absolute atomic E-state index is 0. The largest absolute Gasteiger partial charge is 0.506 e. The van der Waals surface area contributed by atoms with Gasteiger partial charge in [-0.25, -0.2) is 9.97 Å². The first-order valence-corrected chi connectivity index (χ1v) is 10.4. The van der Waals surface area contributed by atoms with Gasteiger partial charge in [0.05, 0.1) is 11.4 Å². The van der Waals surface area contributed by atoms with E-state index in [4.69, 9.17) is 4.11 Å². The maximum absolute atomic E-state index is 10.5. The number of pyridine rings is 1. The van der Waals surface area contributed by atoms with Crippen molar-refractivity contribution in [2.75, 3.05) is 16.8 Å². The fraction of sp³-hybridized carbons (Fsp3) is 0.0741. The molecule has 0 radical (unpaired) electrons. The molecule has 6 nitrogen and oxygen atoms in total. The molecule has 0 aliphatic carbocycles. The smallest absolute Gasteiger partial charge is 0.140 e. The van der Waals surface area contributed by atoms with Crippen LogP contribution in [0, 0.1) is 12.9 Å². The number of hydrogen-bond donors (Lipinski definition) is 1. The Hall–Kier alpha value is -3.76. The molecule has 0 amide bonds. The summed E-state index contributed by atoms with van der Waals surface area (Å²) in [5.41, 5.74) is 5.34. The van der Waals surface area contributed by atoms with Crippen molar-refractivity contribution < 1.29 is 30.3 Å². The minimum Gasteiger partial charge on any atom is -0.506 e. The summed E-state index contributed by atoms with van der Waals surface area (Å²) in [6.45, 7) is -2.32. The van der Waals surface area contributed by atoms with Crippen molar-refractivity contribution in [2.24, 2.45) is 0 Å². The third kappa shape index (κ3) is 3.42. The molecule has 2 aromatic heterocycles. The molecule has 0 fully saturated rings. The maximum atomic E-state index is 10.5. The quantitative estimate of drug-likeness (QED) is 0.240. The van der Waals surface area contributed by atoms with Gasteiger partial charge in [0, 0.05) is 43.8 Å². The molecule has 3 aromatic carbocycles. The van der Waals surface area contributed by atoms with Gasteiger partial charge in [-0.15, -0.1) is 23.8 Å². The van der Waals surface area contributed by atoms with Crippen molar-refractivity contribution in [3.63, 3.8) is 0 Å². The number of aromatic hydroxyl groups is 1. The van der Waals surface area contributed by atoms with Gasteiger partial charge in [0.25, 0.3) is 0 Å². The summed E-state index contributed by atoms with van der Waals surface area (Å²) in [6.07, 6.45) is 3.21. The predicted octanol–water partition coefficient (Wildman–Crippen LogP) is 6.05. The Morgan fingerprint density at radius 3 is 2.59 bits per heavy atom.